The number of hydrazone groups is 1. The van der Waals surface area contributed by atoms with Gasteiger partial charge in [0.1, 0.15) is 23.5 Å². The summed E-state index contributed by atoms with van der Waals surface area (Å²) in [6.45, 7) is 3.51. The minimum Gasteiger partial charge on any atom is -0.496 e. The number of nitrogens with two attached hydrogens (primary N) is 2. The Morgan fingerprint density at radius 1 is 1.19 bits per heavy atom. The van der Waals surface area contributed by atoms with E-state index in [-0.39, 0.29) is 12.4 Å². The second-order valence-corrected chi connectivity index (χ2v) is 8.99. The Morgan fingerprint density at radius 3 is 2.81 bits per heavy atom. The van der Waals surface area contributed by atoms with Gasteiger partial charge in [-0.2, -0.15) is 5.10 Å². The highest BCUT2D eigenvalue weighted by Gasteiger charge is 2.17. The molecule has 0 saturated carbocycles. The smallest absolute Gasteiger partial charge is 0.191 e. The first-order valence-corrected chi connectivity index (χ1v) is 12.4. The number of aryl methyl sites for hydroxylation is 1. The van der Waals surface area contributed by atoms with Crippen LogP contribution in [0.25, 0.3) is 11.0 Å². The molecule has 0 radical (unpaired) electrons. The van der Waals surface area contributed by atoms with Crippen molar-refractivity contribution in [1.82, 2.24) is 25.8 Å². The number of anilines is 1. The van der Waals surface area contributed by atoms with Crippen LogP contribution in [0.2, 0.25) is 0 Å². The van der Waals surface area contributed by atoms with Crippen LogP contribution in [0.15, 0.2) is 57.2 Å². The van der Waals surface area contributed by atoms with Gasteiger partial charge < -0.3 is 29.8 Å². The fourth-order valence-electron chi connectivity index (χ4n) is 3.73. The van der Waals surface area contributed by atoms with Gasteiger partial charge in [-0.15, -0.1) is 5.10 Å². The molecule has 0 aliphatic carbocycles. The number of hydrogen-bond donors (Lipinski definition) is 5. The number of nitrogens with one attached hydrogen (secondary N) is 3. The molecule has 2 heterocycles. The molecule has 37 heavy (non-hydrogen) atoms. The van der Waals surface area contributed by atoms with Gasteiger partial charge in [0, 0.05) is 18.3 Å². The molecule has 2 aromatic carbocycles. The SMILES string of the molecule is CCc1ccc(OC/C(N)=N/NN)c(SNc2noc3cc(Cn4cc(CNC)cn4)cc(OC)c23)c1. The number of hydrazine groups is 1. The molecule has 0 fully saturated rings. The molecule has 0 spiro atoms. The summed E-state index contributed by atoms with van der Waals surface area (Å²) in [6, 6.07) is 9.86. The van der Waals surface area contributed by atoms with Crippen molar-refractivity contribution in [3.05, 3.63) is 59.4 Å². The molecule has 0 amide bonds. The lowest BCUT2D eigenvalue weighted by atomic mass is 10.1. The Balaban J connectivity index is 1.54. The summed E-state index contributed by atoms with van der Waals surface area (Å²) in [6.07, 6.45) is 4.74. The van der Waals surface area contributed by atoms with Gasteiger partial charge in [-0.3, -0.25) is 4.68 Å². The number of benzene rings is 2. The minimum atomic E-state index is 0.0828. The maximum atomic E-state index is 5.85. The summed E-state index contributed by atoms with van der Waals surface area (Å²) in [7, 11) is 3.53. The molecule has 0 aliphatic heterocycles. The molecular weight excluding hydrogens is 494 g/mol. The Hall–Kier alpha value is -3.94. The van der Waals surface area contributed by atoms with Crippen molar-refractivity contribution in [3.63, 3.8) is 0 Å². The molecule has 12 nitrogen and oxygen atoms in total. The van der Waals surface area contributed by atoms with Gasteiger partial charge >= 0.3 is 0 Å². The van der Waals surface area contributed by atoms with Crippen molar-refractivity contribution in [2.75, 3.05) is 25.5 Å². The van der Waals surface area contributed by atoms with Gasteiger partial charge in [0.2, 0.25) is 0 Å². The summed E-state index contributed by atoms with van der Waals surface area (Å²) in [5.74, 6) is 7.24. The van der Waals surface area contributed by atoms with Crippen molar-refractivity contribution in [2.45, 2.75) is 31.3 Å². The molecule has 7 N–H and O–H groups in total. The van der Waals surface area contributed by atoms with E-state index >= 15 is 0 Å². The van der Waals surface area contributed by atoms with E-state index in [1.165, 1.54) is 11.9 Å². The van der Waals surface area contributed by atoms with Crippen molar-refractivity contribution >= 4 is 34.6 Å². The first-order chi connectivity index (χ1) is 18.0. The van der Waals surface area contributed by atoms with Gasteiger partial charge in [0.15, 0.2) is 17.2 Å². The zero-order valence-electron chi connectivity index (χ0n) is 20.9. The van der Waals surface area contributed by atoms with Crippen LogP contribution in [0.1, 0.15) is 23.6 Å². The van der Waals surface area contributed by atoms with Crippen molar-refractivity contribution in [2.24, 2.45) is 16.7 Å². The molecule has 4 rings (SSSR count). The van der Waals surface area contributed by atoms with Crippen molar-refractivity contribution in [1.29, 1.82) is 0 Å². The van der Waals surface area contributed by atoms with E-state index in [0.717, 1.165) is 39.9 Å². The topological polar surface area (TPSA) is 163 Å². The predicted octanol–water partition coefficient (Wildman–Crippen LogP) is 2.60. The lowest BCUT2D eigenvalue weighted by Gasteiger charge is -2.13. The van der Waals surface area contributed by atoms with Crippen LogP contribution in [0.4, 0.5) is 5.82 Å². The molecule has 0 saturated heterocycles. The third kappa shape index (κ3) is 6.44. The maximum Gasteiger partial charge on any atom is 0.191 e. The molecule has 0 aliphatic rings. The van der Waals surface area contributed by atoms with E-state index in [9.17, 15) is 0 Å². The van der Waals surface area contributed by atoms with Crippen LogP contribution in [0, 0.1) is 0 Å². The van der Waals surface area contributed by atoms with Gasteiger partial charge in [-0.05, 0) is 60.8 Å². The Bertz CT molecular complexity index is 1370. The quantitative estimate of drug-likeness (QED) is 0.0573. The number of fused-ring (bicyclic) bond motifs is 1. The molecule has 2 aromatic heterocycles. The number of amidine groups is 1. The Kier molecular flexibility index (Phi) is 8.72. The van der Waals surface area contributed by atoms with Gasteiger partial charge in [0.05, 0.1) is 24.7 Å². The zero-order chi connectivity index (χ0) is 26.2. The lowest BCUT2D eigenvalue weighted by molar-refractivity contribution is 0.365. The van der Waals surface area contributed by atoms with Gasteiger partial charge in [-0.25, -0.2) is 11.4 Å². The van der Waals surface area contributed by atoms with E-state index in [2.05, 4.69) is 37.9 Å². The summed E-state index contributed by atoms with van der Waals surface area (Å²) < 4.78 is 22.4. The summed E-state index contributed by atoms with van der Waals surface area (Å²) in [4.78, 5) is 0.857. The number of ether oxygens (including phenoxy) is 2. The second-order valence-electron chi connectivity index (χ2n) is 8.14. The Morgan fingerprint density at radius 2 is 2.05 bits per heavy atom. The van der Waals surface area contributed by atoms with Crippen LogP contribution in [-0.4, -0.2) is 41.5 Å². The van der Waals surface area contributed by atoms with E-state index in [4.69, 9.17) is 25.6 Å². The molecule has 0 bridgehead atoms. The standard InChI is InChI=1S/C24H31N9O3S/c1-4-15-5-6-18(35-14-22(25)29-32-26)21(9-15)37-31-24-23-19(34-3)7-16(8-20(23)36-30-24)12-33-13-17(10-27-2)11-28-33/h5-9,11,13,27,32H,4,10,12,14,26H2,1-3H3,(H2,25,29)(H,30,31). The third-order valence-electron chi connectivity index (χ3n) is 5.49. The van der Waals surface area contributed by atoms with Crippen molar-refractivity contribution in [3.8, 4) is 11.5 Å². The maximum absolute atomic E-state index is 5.85. The summed E-state index contributed by atoms with van der Waals surface area (Å²) >= 11 is 1.35. The number of nitrogens with zero attached hydrogens (tertiary/aromatic N) is 4. The largest absolute Gasteiger partial charge is 0.496 e. The summed E-state index contributed by atoms with van der Waals surface area (Å²) in [5, 5.41) is 16.3. The third-order valence-corrected chi connectivity index (χ3v) is 6.32. The van der Waals surface area contributed by atoms with Gasteiger partial charge in [0.25, 0.3) is 0 Å². The van der Waals surface area contributed by atoms with E-state index in [1.54, 1.807) is 7.11 Å². The zero-order valence-corrected chi connectivity index (χ0v) is 21.8. The highest BCUT2D eigenvalue weighted by Crippen LogP contribution is 2.37. The molecule has 0 unspecified atom stereocenters. The average Bonchev–Trinajstić information content (AvgIpc) is 3.53. The van der Waals surface area contributed by atoms with E-state index in [0.29, 0.717) is 29.4 Å². The predicted molar refractivity (Wildman–Crippen MR) is 144 cm³/mol. The number of aromatic nitrogens is 3. The van der Waals surface area contributed by atoms with Gasteiger partial charge in [-0.1, -0.05) is 18.1 Å². The molecule has 13 heteroatoms. The highest BCUT2D eigenvalue weighted by molar-refractivity contribution is 8.00. The first kappa shape index (κ1) is 26.1. The lowest BCUT2D eigenvalue weighted by Crippen LogP contribution is -2.27. The highest BCUT2D eigenvalue weighted by atomic mass is 32.2. The number of rotatable bonds is 13. The Labute approximate surface area is 218 Å². The van der Waals surface area contributed by atoms with Crippen LogP contribution in [0.3, 0.4) is 0 Å². The van der Waals surface area contributed by atoms with Crippen LogP contribution in [-0.2, 0) is 19.5 Å². The van der Waals surface area contributed by atoms with E-state index in [1.807, 2.05) is 54.5 Å². The van der Waals surface area contributed by atoms with E-state index < -0.39 is 0 Å². The average molecular weight is 526 g/mol. The van der Waals surface area contributed by atoms with Crippen molar-refractivity contribution < 1.29 is 14.0 Å². The monoisotopic (exact) mass is 525 g/mol. The second kappa shape index (κ2) is 12.3. The molecule has 0 atom stereocenters. The molecule has 196 valence electrons. The van der Waals surface area contributed by atoms with Crippen LogP contribution < -0.4 is 36.6 Å². The van der Waals surface area contributed by atoms with Crippen LogP contribution in [0.5, 0.6) is 11.5 Å². The first-order valence-electron chi connectivity index (χ1n) is 11.6. The number of hydrogen-bond acceptors (Lipinski definition) is 11. The summed E-state index contributed by atoms with van der Waals surface area (Å²) in [5.41, 5.74) is 11.8. The normalized spacial score (nSPS) is 11.6. The molecule has 4 aromatic rings. The minimum absolute atomic E-state index is 0.0828. The molecular formula is C24H31N9O3S. The fourth-order valence-corrected chi connectivity index (χ4v) is 4.51. The number of methoxy groups -OCH3 is 1. The fraction of sp³-hybridized carbons (Fsp3) is 0.292. The van der Waals surface area contributed by atoms with Crippen LogP contribution >= 0.6 is 11.9 Å².